The van der Waals surface area contributed by atoms with E-state index in [4.69, 9.17) is 21.4 Å². The van der Waals surface area contributed by atoms with Gasteiger partial charge in [-0.05, 0) is 49.4 Å². The predicted molar refractivity (Wildman–Crippen MR) is 106 cm³/mol. The average molecular weight is 365 g/mol. The van der Waals surface area contributed by atoms with Crippen LogP contribution < -0.4 is 4.74 Å². The minimum Gasteiger partial charge on any atom is -0.494 e. The molecule has 0 N–H and O–H groups in total. The summed E-state index contributed by atoms with van der Waals surface area (Å²) in [4.78, 5) is 0. The number of methoxy groups -OCH3 is 1. The molecule has 0 aliphatic heterocycles. The lowest BCUT2D eigenvalue weighted by atomic mass is 10.0. The van der Waals surface area contributed by atoms with Gasteiger partial charge < -0.3 is 4.74 Å². The summed E-state index contributed by atoms with van der Waals surface area (Å²) in [6.45, 7) is 3.89. The summed E-state index contributed by atoms with van der Waals surface area (Å²) in [5.41, 5.74) is 5.70. The number of rotatable bonds is 5. The minimum absolute atomic E-state index is 0.586. The molecule has 1 aromatic heterocycles. The van der Waals surface area contributed by atoms with E-state index >= 15 is 0 Å². The fourth-order valence-electron chi connectivity index (χ4n) is 3.79. The Morgan fingerprint density at radius 2 is 1.96 bits per heavy atom. The number of halogens is 1. The van der Waals surface area contributed by atoms with Crippen molar-refractivity contribution in [3.8, 4) is 22.7 Å². The van der Waals surface area contributed by atoms with Gasteiger partial charge in [-0.15, -0.1) is 6.58 Å². The van der Waals surface area contributed by atoms with Gasteiger partial charge in [-0.1, -0.05) is 41.9 Å². The van der Waals surface area contributed by atoms with Gasteiger partial charge in [0.05, 0.1) is 18.5 Å². The maximum Gasteiger partial charge on any atom is 0.144 e. The Labute approximate surface area is 158 Å². The van der Waals surface area contributed by atoms with Gasteiger partial charge in [0, 0.05) is 16.1 Å². The maximum atomic E-state index is 6.11. The van der Waals surface area contributed by atoms with Crippen molar-refractivity contribution in [2.24, 2.45) is 5.92 Å². The smallest absolute Gasteiger partial charge is 0.144 e. The lowest BCUT2D eigenvalue weighted by Crippen LogP contribution is -2.06. The van der Waals surface area contributed by atoms with Gasteiger partial charge in [-0.2, -0.15) is 5.10 Å². The van der Waals surface area contributed by atoms with Crippen LogP contribution in [0.5, 0.6) is 5.75 Å². The number of para-hydroxylation sites is 2. The van der Waals surface area contributed by atoms with Gasteiger partial charge >= 0.3 is 0 Å². The van der Waals surface area contributed by atoms with E-state index < -0.39 is 0 Å². The molecule has 3 aromatic rings. The summed E-state index contributed by atoms with van der Waals surface area (Å²) < 4.78 is 7.60. The zero-order valence-electron chi connectivity index (χ0n) is 14.8. The molecular weight excluding hydrogens is 344 g/mol. The van der Waals surface area contributed by atoms with Crippen molar-refractivity contribution in [1.82, 2.24) is 9.78 Å². The van der Waals surface area contributed by atoms with Crippen LogP contribution in [-0.2, 0) is 12.8 Å². The lowest BCUT2D eigenvalue weighted by molar-refractivity contribution is 0.411. The van der Waals surface area contributed by atoms with Crippen LogP contribution in [0.1, 0.15) is 17.7 Å². The molecule has 0 saturated carbocycles. The third-order valence-electron chi connectivity index (χ3n) is 4.97. The third kappa shape index (κ3) is 2.93. The SMILES string of the molecule is C=CCC1Cc2nn(-c3ccccc3OC)c(-c3ccc(Cl)cc3)c2C1. The van der Waals surface area contributed by atoms with Crippen molar-refractivity contribution in [1.29, 1.82) is 0 Å². The highest BCUT2D eigenvalue weighted by atomic mass is 35.5. The second-order valence-corrected chi connectivity index (χ2v) is 7.10. The molecule has 2 aromatic carbocycles. The average Bonchev–Trinajstić information content (AvgIpc) is 3.20. The molecule has 132 valence electrons. The maximum absolute atomic E-state index is 6.11. The van der Waals surface area contributed by atoms with E-state index in [-0.39, 0.29) is 0 Å². The highest BCUT2D eigenvalue weighted by Crippen LogP contribution is 2.39. The highest BCUT2D eigenvalue weighted by Gasteiger charge is 2.30. The van der Waals surface area contributed by atoms with Crippen LogP contribution in [0.4, 0.5) is 0 Å². The molecule has 4 rings (SSSR count). The van der Waals surface area contributed by atoms with Crippen molar-refractivity contribution in [3.63, 3.8) is 0 Å². The second kappa shape index (κ2) is 7.00. The van der Waals surface area contributed by atoms with Crippen LogP contribution in [0.2, 0.25) is 5.02 Å². The molecule has 1 aliphatic rings. The number of aromatic nitrogens is 2. The standard InChI is InChI=1S/C22H21ClN2O/c1-3-6-15-13-18-19(14-15)24-25(20-7-4-5-8-21(20)26-2)22(18)16-9-11-17(23)12-10-16/h3-5,7-12,15H,1,6,13-14H2,2H3. The molecule has 26 heavy (non-hydrogen) atoms. The van der Waals surface area contributed by atoms with E-state index in [0.29, 0.717) is 5.92 Å². The molecule has 4 heteroatoms. The van der Waals surface area contributed by atoms with E-state index in [9.17, 15) is 0 Å². The Balaban J connectivity index is 1.89. The first-order chi connectivity index (χ1) is 12.7. The Morgan fingerprint density at radius 1 is 1.19 bits per heavy atom. The molecule has 1 heterocycles. The molecule has 1 unspecified atom stereocenters. The van der Waals surface area contributed by atoms with Crippen molar-refractivity contribution in [2.45, 2.75) is 19.3 Å². The fourth-order valence-corrected chi connectivity index (χ4v) is 3.92. The number of nitrogens with zero attached hydrogens (tertiary/aromatic N) is 2. The molecule has 1 aliphatic carbocycles. The summed E-state index contributed by atoms with van der Waals surface area (Å²) in [5.74, 6) is 1.40. The number of benzene rings is 2. The monoisotopic (exact) mass is 364 g/mol. The van der Waals surface area contributed by atoms with Crippen LogP contribution in [0.25, 0.3) is 16.9 Å². The largest absolute Gasteiger partial charge is 0.494 e. The molecule has 0 amide bonds. The molecule has 0 fully saturated rings. The van der Waals surface area contributed by atoms with Crippen molar-refractivity contribution >= 4 is 11.6 Å². The highest BCUT2D eigenvalue weighted by molar-refractivity contribution is 6.30. The van der Waals surface area contributed by atoms with Gasteiger partial charge in [0.15, 0.2) is 0 Å². The Morgan fingerprint density at radius 3 is 2.69 bits per heavy atom. The fraction of sp³-hybridized carbons (Fsp3) is 0.227. The Bertz CT molecular complexity index is 943. The number of hydrogen-bond donors (Lipinski definition) is 0. The summed E-state index contributed by atoms with van der Waals surface area (Å²) in [5, 5.41) is 5.70. The molecule has 0 spiro atoms. The predicted octanol–water partition coefficient (Wildman–Crippen LogP) is 5.49. The molecule has 1 atom stereocenters. The third-order valence-corrected chi connectivity index (χ3v) is 5.22. The first kappa shape index (κ1) is 16.9. The van der Waals surface area contributed by atoms with Gasteiger partial charge in [0.1, 0.15) is 11.4 Å². The van der Waals surface area contributed by atoms with E-state index in [1.54, 1.807) is 7.11 Å². The van der Waals surface area contributed by atoms with Gasteiger partial charge in [-0.3, -0.25) is 0 Å². The van der Waals surface area contributed by atoms with Crippen molar-refractivity contribution in [3.05, 3.63) is 77.5 Å². The number of hydrogen-bond acceptors (Lipinski definition) is 2. The number of ether oxygens (including phenoxy) is 1. The summed E-state index contributed by atoms with van der Waals surface area (Å²) in [6.07, 6.45) is 5.04. The van der Waals surface area contributed by atoms with Gasteiger partial charge in [-0.25, -0.2) is 4.68 Å². The van der Waals surface area contributed by atoms with Crippen LogP contribution in [0.3, 0.4) is 0 Å². The molecular formula is C22H21ClN2O. The lowest BCUT2D eigenvalue weighted by Gasteiger charge is -2.14. The Kier molecular flexibility index (Phi) is 4.56. The van der Waals surface area contributed by atoms with E-state index in [1.807, 2.05) is 47.2 Å². The normalized spacial score (nSPS) is 15.7. The van der Waals surface area contributed by atoms with Crippen LogP contribution in [0, 0.1) is 5.92 Å². The van der Waals surface area contributed by atoms with E-state index in [2.05, 4.69) is 18.7 Å². The zero-order chi connectivity index (χ0) is 18.1. The summed E-state index contributed by atoms with van der Waals surface area (Å²) in [6, 6.07) is 16.0. The quantitative estimate of drug-likeness (QED) is 0.559. The van der Waals surface area contributed by atoms with E-state index in [1.165, 1.54) is 11.3 Å². The first-order valence-electron chi connectivity index (χ1n) is 8.82. The topological polar surface area (TPSA) is 27.1 Å². The molecule has 0 saturated heterocycles. The number of allylic oxidation sites excluding steroid dienone is 1. The summed E-state index contributed by atoms with van der Waals surface area (Å²) >= 11 is 6.11. The number of fused-ring (bicyclic) bond motifs is 1. The van der Waals surface area contributed by atoms with Gasteiger partial charge in [0.2, 0.25) is 0 Å². The molecule has 0 radical (unpaired) electrons. The molecule has 0 bridgehead atoms. The van der Waals surface area contributed by atoms with Crippen molar-refractivity contribution in [2.75, 3.05) is 7.11 Å². The van der Waals surface area contributed by atoms with Crippen LogP contribution in [0.15, 0.2) is 61.2 Å². The van der Waals surface area contributed by atoms with Gasteiger partial charge in [0.25, 0.3) is 0 Å². The Hall–Kier alpha value is -2.52. The van der Waals surface area contributed by atoms with Crippen LogP contribution in [-0.4, -0.2) is 16.9 Å². The second-order valence-electron chi connectivity index (χ2n) is 6.66. The van der Waals surface area contributed by atoms with Crippen LogP contribution >= 0.6 is 11.6 Å². The first-order valence-corrected chi connectivity index (χ1v) is 9.20. The molecule has 3 nitrogen and oxygen atoms in total. The van der Waals surface area contributed by atoms with E-state index in [0.717, 1.165) is 47.0 Å². The minimum atomic E-state index is 0.586. The summed E-state index contributed by atoms with van der Waals surface area (Å²) in [7, 11) is 1.69. The van der Waals surface area contributed by atoms with Crippen molar-refractivity contribution < 1.29 is 4.74 Å². The zero-order valence-corrected chi connectivity index (χ0v) is 15.5.